The zero-order valence-corrected chi connectivity index (χ0v) is 11.1. The minimum absolute atomic E-state index is 0. The third-order valence-electron chi connectivity index (χ3n) is 0. The van der Waals surface area contributed by atoms with E-state index in [0.717, 1.165) is 0 Å². The van der Waals surface area contributed by atoms with Gasteiger partial charge >= 0.3 is 28.2 Å². The monoisotopic (exact) mass is 187 g/mol. The van der Waals surface area contributed by atoms with Crippen LogP contribution in [0.2, 0.25) is 11.0 Å². The first-order valence-electron chi connectivity index (χ1n) is 2.12. The number of hydrogen-bond acceptors (Lipinski definition) is 0. The van der Waals surface area contributed by atoms with Crippen LogP contribution >= 0.6 is 0 Å². The molecule has 6 heavy (non-hydrogen) atoms. The first kappa shape index (κ1) is 15.7. The van der Waals surface area contributed by atoms with E-state index in [2.05, 4.69) is 18.0 Å². The van der Waals surface area contributed by atoms with Gasteiger partial charge in [-0.1, -0.05) is 13.8 Å². The van der Waals surface area contributed by atoms with Crippen LogP contribution in [-0.2, 0) is 36.6 Å². The molecule has 1 radical (unpaired) electrons. The van der Waals surface area contributed by atoms with E-state index in [1.54, 1.807) is 6.92 Å². The maximum absolute atomic E-state index is 3.25. The molecule has 0 saturated carbocycles. The molecule has 0 aromatic heterocycles. The Labute approximate surface area is 61.4 Å². The van der Waals surface area contributed by atoms with Gasteiger partial charge in [0, 0.05) is 19.5 Å². The van der Waals surface area contributed by atoms with Crippen molar-refractivity contribution in [3.63, 3.8) is 0 Å². The zero-order chi connectivity index (χ0) is 4.71. The van der Waals surface area contributed by atoms with E-state index in [9.17, 15) is 0 Å². The summed E-state index contributed by atoms with van der Waals surface area (Å²) in [5.74, 6) is 0. The van der Waals surface area contributed by atoms with Gasteiger partial charge in [0.05, 0.1) is 0 Å². The molecule has 0 aliphatic heterocycles. The molecule has 0 amide bonds. The van der Waals surface area contributed by atoms with Crippen LogP contribution in [0.4, 0.5) is 0 Å². The molecule has 0 heterocycles. The Kier molecular flexibility index (Phi) is 89.0. The summed E-state index contributed by atoms with van der Waals surface area (Å²) in [6, 6.07) is 0. The first-order chi connectivity index (χ1) is 2.41. The van der Waals surface area contributed by atoms with Crippen molar-refractivity contribution in [2.45, 2.75) is 18.0 Å². The summed E-state index contributed by atoms with van der Waals surface area (Å²) in [5.41, 5.74) is 4.62. The van der Waals surface area contributed by atoms with E-state index in [4.69, 9.17) is 0 Å². The van der Waals surface area contributed by atoms with Crippen molar-refractivity contribution in [2.24, 2.45) is 0 Å². The molecule has 0 bridgehead atoms. The molecule has 0 fully saturated rings. The van der Waals surface area contributed by atoms with Gasteiger partial charge in [0.1, 0.15) is 0 Å². The van der Waals surface area contributed by atoms with Crippen molar-refractivity contribution in [1.82, 2.24) is 0 Å². The summed E-state index contributed by atoms with van der Waals surface area (Å²) in [4.78, 5) is 0. The molecule has 0 aromatic rings. The Bertz CT molecular complexity index is 5.51. The Balaban J connectivity index is -0.0000000275. The van der Waals surface area contributed by atoms with Crippen molar-refractivity contribution in [1.29, 1.82) is 0 Å². The molecule has 0 saturated heterocycles. The van der Waals surface area contributed by atoms with Crippen LogP contribution < -0.4 is 0 Å². The molecule has 0 nitrogen and oxygen atoms in total. The quantitative estimate of drug-likeness (QED) is 0.512. The second kappa shape index (κ2) is 34.1. The Morgan fingerprint density at radius 2 is 1.17 bits per heavy atom. The second-order valence-corrected chi connectivity index (χ2v) is 3.67. The van der Waals surface area contributed by atoms with Crippen molar-refractivity contribution in [3.8, 4) is 0 Å². The molecule has 0 atom stereocenters. The fourth-order valence-electron chi connectivity index (χ4n) is 0. The van der Waals surface area contributed by atoms with Gasteiger partial charge in [-0.15, -0.1) is 0 Å². The minimum Gasteiger partial charge on any atom is 0 e. The fraction of sp³-hybridized carbons (Fsp3) is 0.750. The van der Waals surface area contributed by atoms with Crippen LogP contribution in [0.5, 0.6) is 0 Å². The smallest absolute Gasteiger partial charge is 0 e. The van der Waals surface area contributed by atoms with Crippen molar-refractivity contribution >= 4 is 0 Å². The summed E-state index contributed by atoms with van der Waals surface area (Å²) in [6.07, 6.45) is 0. The molecule has 0 spiro atoms. The Morgan fingerprint density at radius 3 is 1.17 bits per heavy atom. The molecule has 2 heteroatoms. The molecular weight excluding hydrogens is 179 g/mol. The van der Waals surface area contributed by atoms with Crippen LogP contribution in [0.15, 0.2) is 0 Å². The maximum Gasteiger partial charge on any atom is 0 e. The van der Waals surface area contributed by atoms with E-state index in [1.807, 2.05) is 0 Å². The van der Waals surface area contributed by atoms with Gasteiger partial charge in [-0.3, -0.25) is 0 Å². The van der Waals surface area contributed by atoms with E-state index >= 15 is 0 Å². The van der Waals surface area contributed by atoms with Crippen molar-refractivity contribution in [3.05, 3.63) is 6.92 Å². The van der Waals surface area contributed by atoms with Gasteiger partial charge < -0.3 is 0 Å². The van der Waals surface area contributed by atoms with Gasteiger partial charge in [-0.25, -0.2) is 0 Å². The van der Waals surface area contributed by atoms with Gasteiger partial charge in [0.25, 0.3) is 0 Å². The average molecular weight is 190 g/mol. The summed E-state index contributed by atoms with van der Waals surface area (Å²) < 4.78 is 0. The average Bonchev–Trinajstić information content (AvgIpc) is 1.46. The Morgan fingerprint density at radius 1 is 1.17 bits per heavy atom. The third kappa shape index (κ3) is 60.9. The standard InChI is InChI=1S/C2H5.2CH3.2Zn/c1-2;;;;/h1H2,2H3;2*1H3;;. The van der Waals surface area contributed by atoms with Crippen molar-refractivity contribution < 1.29 is 36.6 Å². The Hall–Kier alpha value is 1.25. The number of rotatable bonds is 0. The van der Waals surface area contributed by atoms with Crippen LogP contribution in [0, 0.1) is 6.92 Å². The van der Waals surface area contributed by atoms with Crippen LogP contribution in [0.3, 0.4) is 0 Å². The molecule has 0 N–H and O–H groups in total. The molecular formula is C4H11Zn2. The molecule has 0 rings (SSSR count). The SMILES string of the molecule is [CH2]C.[CH3][Zn][CH3].[Zn]. The predicted octanol–water partition coefficient (Wildman–Crippen LogP) is 2.00. The van der Waals surface area contributed by atoms with E-state index < -0.39 is 0 Å². The van der Waals surface area contributed by atoms with Crippen LogP contribution in [0.1, 0.15) is 6.92 Å². The zero-order valence-electron chi connectivity index (χ0n) is 5.12. The van der Waals surface area contributed by atoms with E-state index in [0.29, 0.717) is 0 Å². The first-order valence-corrected chi connectivity index (χ1v) is 8.06. The van der Waals surface area contributed by atoms with Crippen LogP contribution in [-0.4, -0.2) is 0 Å². The van der Waals surface area contributed by atoms with E-state index in [1.165, 1.54) is 0 Å². The maximum atomic E-state index is 3.25. The van der Waals surface area contributed by atoms with E-state index in [-0.39, 0.29) is 36.6 Å². The molecule has 0 aromatic carbocycles. The molecule has 0 aliphatic carbocycles. The largest absolute Gasteiger partial charge is 0 e. The second-order valence-electron chi connectivity index (χ2n) is 0.707. The topological polar surface area (TPSA) is 0 Å². The van der Waals surface area contributed by atoms with Gasteiger partial charge in [-0.05, 0) is 0 Å². The molecule has 0 unspecified atom stereocenters. The molecule has 31 valence electrons. The van der Waals surface area contributed by atoms with Gasteiger partial charge in [0.15, 0.2) is 0 Å². The summed E-state index contributed by atoms with van der Waals surface area (Å²) >= 11 is 0.125. The third-order valence-corrected chi connectivity index (χ3v) is 0. The van der Waals surface area contributed by atoms with Crippen molar-refractivity contribution in [2.75, 3.05) is 0 Å². The molecule has 0 aliphatic rings. The summed E-state index contributed by atoms with van der Waals surface area (Å²) in [7, 11) is 0. The predicted molar refractivity (Wildman–Crippen MR) is 22.8 cm³/mol. The number of hydrogen-bond donors (Lipinski definition) is 0. The fourth-order valence-corrected chi connectivity index (χ4v) is 0. The van der Waals surface area contributed by atoms with Gasteiger partial charge in [0.2, 0.25) is 0 Å². The summed E-state index contributed by atoms with van der Waals surface area (Å²) in [6.45, 7) is 5.00. The summed E-state index contributed by atoms with van der Waals surface area (Å²) in [5, 5.41) is 0. The van der Waals surface area contributed by atoms with Gasteiger partial charge in [-0.2, -0.15) is 0 Å². The normalized spacial score (nSPS) is 2.67. The van der Waals surface area contributed by atoms with Crippen LogP contribution in [0.25, 0.3) is 0 Å². The minimum atomic E-state index is 0.